The molecule has 0 radical (unpaired) electrons. The molecule has 0 amide bonds. The van der Waals surface area contributed by atoms with Gasteiger partial charge in [0, 0.05) is 26.1 Å². The number of hydrogen-bond acceptors (Lipinski definition) is 4. The first kappa shape index (κ1) is 17.1. The SMILES string of the molecule is CCCN(CCCl)CCOCCOCCOC. The summed E-state index contributed by atoms with van der Waals surface area (Å²) in [5, 5.41) is 0. The molecule has 0 spiro atoms. The highest BCUT2D eigenvalue weighted by Gasteiger charge is 2.02. The monoisotopic (exact) mass is 267 g/mol. The Morgan fingerprint density at radius 1 is 0.882 bits per heavy atom. The summed E-state index contributed by atoms with van der Waals surface area (Å²) in [7, 11) is 1.67. The fourth-order valence-electron chi connectivity index (χ4n) is 1.43. The summed E-state index contributed by atoms with van der Waals surface area (Å²) < 4.78 is 15.6. The summed E-state index contributed by atoms with van der Waals surface area (Å²) in [6.07, 6.45) is 1.15. The van der Waals surface area contributed by atoms with Crippen LogP contribution < -0.4 is 0 Å². The zero-order chi connectivity index (χ0) is 12.8. The van der Waals surface area contributed by atoms with Gasteiger partial charge in [-0.05, 0) is 13.0 Å². The van der Waals surface area contributed by atoms with Gasteiger partial charge in [-0.15, -0.1) is 11.6 Å². The molecule has 0 fully saturated rings. The maximum absolute atomic E-state index is 5.73. The maximum atomic E-state index is 5.73. The highest BCUT2D eigenvalue weighted by molar-refractivity contribution is 6.18. The van der Waals surface area contributed by atoms with Crippen LogP contribution in [0.3, 0.4) is 0 Å². The van der Waals surface area contributed by atoms with E-state index in [1.54, 1.807) is 7.11 Å². The molecule has 0 aromatic heterocycles. The summed E-state index contributed by atoms with van der Waals surface area (Å²) >= 11 is 5.73. The Kier molecular flexibility index (Phi) is 14.3. The molecule has 0 saturated carbocycles. The van der Waals surface area contributed by atoms with E-state index in [9.17, 15) is 0 Å². The van der Waals surface area contributed by atoms with Crippen molar-refractivity contribution in [2.45, 2.75) is 13.3 Å². The molecule has 0 aromatic carbocycles. The van der Waals surface area contributed by atoms with E-state index in [0.717, 1.165) is 32.7 Å². The molecule has 104 valence electrons. The quantitative estimate of drug-likeness (QED) is 0.375. The molecule has 0 N–H and O–H groups in total. The molecule has 0 aliphatic heterocycles. The first-order valence-electron chi connectivity index (χ1n) is 6.27. The van der Waals surface area contributed by atoms with Crippen molar-refractivity contribution >= 4 is 11.6 Å². The van der Waals surface area contributed by atoms with Crippen LogP contribution in [-0.4, -0.2) is 70.6 Å². The molecule has 4 nitrogen and oxygen atoms in total. The van der Waals surface area contributed by atoms with E-state index in [2.05, 4.69) is 11.8 Å². The number of hydrogen-bond donors (Lipinski definition) is 0. The molecule has 0 bridgehead atoms. The zero-order valence-electron chi connectivity index (χ0n) is 11.1. The molecule has 17 heavy (non-hydrogen) atoms. The first-order chi connectivity index (χ1) is 8.35. The molecule has 0 aromatic rings. The standard InChI is InChI=1S/C12H26ClNO3/c1-3-5-14(6-4-13)7-8-16-11-12-17-10-9-15-2/h3-12H2,1-2H3. The van der Waals surface area contributed by atoms with E-state index in [1.807, 2.05) is 0 Å². The highest BCUT2D eigenvalue weighted by atomic mass is 35.5. The Balaban J connectivity index is 3.23. The van der Waals surface area contributed by atoms with Crippen molar-refractivity contribution in [2.75, 3.05) is 65.7 Å². The number of nitrogens with zero attached hydrogens (tertiary/aromatic N) is 1. The second-order valence-corrected chi connectivity index (χ2v) is 4.13. The van der Waals surface area contributed by atoms with Crippen LogP contribution in [0.15, 0.2) is 0 Å². The molecule has 0 atom stereocenters. The molecule has 0 rings (SSSR count). The topological polar surface area (TPSA) is 30.9 Å². The third-order valence-corrected chi connectivity index (χ3v) is 2.47. The Morgan fingerprint density at radius 2 is 1.53 bits per heavy atom. The van der Waals surface area contributed by atoms with E-state index >= 15 is 0 Å². The van der Waals surface area contributed by atoms with Crippen LogP contribution >= 0.6 is 11.6 Å². The van der Waals surface area contributed by atoms with Crippen LogP contribution in [0.4, 0.5) is 0 Å². The molecule has 0 heterocycles. The number of methoxy groups -OCH3 is 1. The first-order valence-corrected chi connectivity index (χ1v) is 6.81. The minimum atomic E-state index is 0.632. The van der Waals surface area contributed by atoms with Gasteiger partial charge in [-0.3, -0.25) is 4.90 Å². The number of rotatable bonds is 13. The second-order valence-electron chi connectivity index (χ2n) is 3.75. The van der Waals surface area contributed by atoms with Crippen molar-refractivity contribution < 1.29 is 14.2 Å². The van der Waals surface area contributed by atoms with E-state index in [4.69, 9.17) is 25.8 Å². The fourth-order valence-corrected chi connectivity index (χ4v) is 1.67. The summed E-state index contributed by atoms with van der Waals surface area (Å²) in [4.78, 5) is 2.32. The van der Waals surface area contributed by atoms with Crippen molar-refractivity contribution in [1.82, 2.24) is 4.90 Å². The molecule has 0 unspecified atom stereocenters. The second kappa shape index (κ2) is 14.2. The Bertz CT molecular complexity index is 144. The summed E-state index contributed by atoms with van der Waals surface area (Å²) in [5.41, 5.74) is 0. The van der Waals surface area contributed by atoms with Gasteiger partial charge in [-0.2, -0.15) is 0 Å². The van der Waals surface area contributed by atoms with E-state index in [-0.39, 0.29) is 0 Å². The van der Waals surface area contributed by atoms with Gasteiger partial charge >= 0.3 is 0 Å². The molecular formula is C12H26ClNO3. The van der Waals surface area contributed by atoms with Crippen LogP contribution in [0.5, 0.6) is 0 Å². The zero-order valence-corrected chi connectivity index (χ0v) is 11.9. The lowest BCUT2D eigenvalue weighted by Gasteiger charge is -2.20. The van der Waals surface area contributed by atoms with Gasteiger partial charge in [0.05, 0.1) is 33.0 Å². The Morgan fingerprint density at radius 3 is 2.12 bits per heavy atom. The lowest BCUT2D eigenvalue weighted by atomic mass is 10.4. The predicted octanol–water partition coefficient (Wildman–Crippen LogP) is 1.62. The largest absolute Gasteiger partial charge is 0.382 e. The number of halogens is 1. The van der Waals surface area contributed by atoms with Crippen molar-refractivity contribution in [1.29, 1.82) is 0 Å². The van der Waals surface area contributed by atoms with E-state index < -0.39 is 0 Å². The third-order valence-electron chi connectivity index (χ3n) is 2.30. The minimum Gasteiger partial charge on any atom is -0.382 e. The molecule has 0 aliphatic rings. The lowest BCUT2D eigenvalue weighted by Crippen LogP contribution is -2.30. The molecular weight excluding hydrogens is 242 g/mol. The summed E-state index contributed by atoms with van der Waals surface area (Å²) in [6.45, 7) is 8.42. The van der Waals surface area contributed by atoms with Crippen molar-refractivity contribution in [3.8, 4) is 0 Å². The fraction of sp³-hybridized carbons (Fsp3) is 1.00. The number of ether oxygens (including phenoxy) is 3. The van der Waals surface area contributed by atoms with Crippen LogP contribution in [0.1, 0.15) is 13.3 Å². The molecule has 5 heteroatoms. The van der Waals surface area contributed by atoms with Crippen LogP contribution in [0, 0.1) is 0 Å². The van der Waals surface area contributed by atoms with Gasteiger partial charge in [0.2, 0.25) is 0 Å². The lowest BCUT2D eigenvalue weighted by molar-refractivity contribution is 0.0198. The van der Waals surface area contributed by atoms with Gasteiger partial charge < -0.3 is 14.2 Å². The Hall–Kier alpha value is 0.130. The van der Waals surface area contributed by atoms with Crippen LogP contribution in [0.2, 0.25) is 0 Å². The third kappa shape index (κ3) is 12.4. The van der Waals surface area contributed by atoms with Gasteiger partial charge in [0.15, 0.2) is 0 Å². The molecule has 0 saturated heterocycles. The average molecular weight is 268 g/mol. The van der Waals surface area contributed by atoms with Crippen LogP contribution in [-0.2, 0) is 14.2 Å². The van der Waals surface area contributed by atoms with Crippen molar-refractivity contribution in [2.24, 2.45) is 0 Å². The number of alkyl halides is 1. The normalized spacial score (nSPS) is 11.3. The smallest absolute Gasteiger partial charge is 0.0701 e. The van der Waals surface area contributed by atoms with Crippen molar-refractivity contribution in [3.63, 3.8) is 0 Å². The molecule has 0 aliphatic carbocycles. The van der Waals surface area contributed by atoms with E-state index in [0.29, 0.717) is 32.3 Å². The van der Waals surface area contributed by atoms with E-state index in [1.165, 1.54) is 0 Å². The predicted molar refractivity (Wildman–Crippen MR) is 71.0 cm³/mol. The van der Waals surface area contributed by atoms with Crippen LogP contribution in [0.25, 0.3) is 0 Å². The van der Waals surface area contributed by atoms with Gasteiger partial charge in [-0.25, -0.2) is 0 Å². The summed E-state index contributed by atoms with van der Waals surface area (Å²) in [6, 6.07) is 0. The highest BCUT2D eigenvalue weighted by Crippen LogP contribution is 1.93. The average Bonchev–Trinajstić information content (AvgIpc) is 2.33. The Labute approximate surface area is 110 Å². The summed E-state index contributed by atoms with van der Waals surface area (Å²) in [5.74, 6) is 0.681. The van der Waals surface area contributed by atoms with Gasteiger partial charge in [0.25, 0.3) is 0 Å². The van der Waals surface area contributed by atoms with Gasteiger partial charge in [-0.1, -0.05) is 6.92 Å². The minimum absolute atomic E-state index is 0.632. The van der Waals surface area contributed by atoms with Gasteiger partial charge in [0.1, 0.15) is 0 Å². The van der Waals surface area contributed by atoms with Crippen molar-refractivity contribution in [3.05, 3.63) is 0 Å². The maximum Gasteiger partial charge on any atom is 0.0701 e.